The summed E-state index contributed by atoms with van der Waals surface area (Å²) in [5.41, 5.74) is 0.358. The zero-order valence-electron chi connectivity index (χ0n) is 16.0. The van der Waals surface area contributed by atoms with Gasteiger partial charge in [0.15, 0.2) is 0 Å². The topological polar surface area (TPSA) is 111 Å². The molecular formula is C21H20N2O6. The predicted molar refractivity (Wildman–Crippen MR) is 104 cm³/mol. The van der Waals surface area contributed by atoms with Gasteiger partial charge in [0.2, 0.25) is 11.8 Å². The number of rotatable bonds is 6. The van der Waals surface area contributed by atoms with Gasteiger partial charge in [-0.15, -0.1) is 0 Å². The Morgan fingerprint density at radius 2 is 1.31 bits per heavy atom. The Morgan fingerprint density at radius 3 is 1.86 bits per heavy atom. The molecule has 2 aromatic rings. The Bertz CT molecular complexity index is 963. The highest BCUT2D eigenvalue weighted by Crippen LogP contribution is 2.47. The molecule has 0 aliphatic heterocycles. The minimum absolute atomic E-state index is 0.297. The molecule has 0 aromatic heterocycles. The molecule has 1 fully saturated rings. The van der Waals surface area contributed by atoms with Gasteiger partial charge in [0.1, 0.15) is 5.41 Å². The summed E-state index contributed by atoms with van der Waals surface area (Å²) >= 11 is 0. The first-order valence-corrected chi connectivity index (χ1v) is 8.89. The van der Waals surface area contributed by atoms with Gasteiger partial charge in [-0.3, -0.25) is 9.59 Å². The predicted octanol–water partition coefficient (Wildman–Crippen LogP) is 2.62. The van der Waals surface area contributed by atoms with E-state index in [1.165, 1.54) is 32.4 Å². The van der Waals surface area contributed by atoms with Gasteiger partial charge in [0, 0.05) is 11.4 Å². The fourth-order valence-corrected chi connectivity index (χ4v) is 2.83. The van der Waals surface area contributed by atoms with Crippen LogP contribution in [0.4, 0.5) is 11.4 Å². The van der Waals surface area contributed by atoms with Gasteiger partial charge >= 0.3 is 11.9 Å². The lowest BCUT2D eigenvalue weighted by molar-refractivity contribution is -0.131. The van der Waals surface area contributed by atoms with Crippen LogP contribution in [0.25, 0.3) is 0 Å². The SMILES string of the molecule is COC(=O)c1ccc(NC(=O)C2(C(=O)Nc3cccc(C(=O)OC)c3)CC2)cc1. The zero-order chi connectivity index (χ0) is 21.0. The summed E-state index contributed by atoms with van der Waals surface area (Å²) in [4.78, 5) is 48.5. The lowest BCUT2D eigenvalue weighted by atomic mass is 10.0. The first-order valence-electron chi connectivity index (χ1n) is 8.89. The molecule has 1 aliphatic carbocycles. The van der Waals surface area contributed by atoms with E-state index >= 15 is 0 Å². The third-order valence-electron chi connectivity index (χ3n) is 4.72. The molecule has 2 amide bonds. The summed E-state index contributed by atoms with van der Waals surface area (Å²) in [6.45, 7) is 0. The van der Waals surface area contributed by atoms with Gasteiger partial charge < -0.3 is 20.1 Å². The van der Waals surface area contributed by atoms with Gasteiger partial charge in [-0.05, 0) is 55.3 Å². The second kappa shape index (κ2) is 8.14. The number of methoxy groups -OCH3 is 2. The van der Waals surface area contributed by atoms with Gasteiger partial charge in [-0.25, -0.2) is 9.59 Å². The lowest BCUT2D eigenvalue weighted by Gasteiger charge is -2.16. The molecule has 2 aromatic carbocycles. The molecule has 29 heavy (non-hydrogen) atoms. The number of carbonyl (C=O) groups excluding carboxylic acids is 4. The van der Waals surface area contributed by atoms with Crippen LogP contribution in [0.5, 0.6) is 0 Å². The Hall–Kier alpha value is -3.68. The van der Waals surface area contributed by atoms with E-state index in [1.807, 2.05) is 0 Å². The van der Waals surface area contributed by atoms with Crippen molar-refractivity contribution in [1.82, 2.24) is 0 Å². The number of anilines is 2. The monoisotopic (exact) mass is 396 g/mol. The number of ether oxygens (including phenoxy) is 2. The van der Waals surface area contributed by atoms with E-state index in [0.29, 0.717) is 35.3 Å². The Labute approximate surface area is 167 Å². The van der Waals surface area contributed by atoms with Crippen LogP contribution in [-0.4, -0.2) is 38.0 Å². The maximum absolute atomic E-state index is 12.7. The number of hydrogen-bond acceptors (Lipinski definition) is 6. The normalized spacial score (nSPS) is 13.7. The van der Waals surface area contributed by atoms with Gasteiger partial charge in [-0.1, -0.05) is 6.07 Å². The van der Waals surface area contributed by atoms with Gasteiger partial charge in [0.05, 0.1) is 25.3 Å². The van der Waals surface area contributed by atoms with Crippen molar-refractivity contribution in [3.05, 3.63) is 59.7 Å². The second-order valence-electron chi connectivity index (χ2n) is 6.63. The fraction of sp³-hybridized carbons (Fsp3) is 0.238. The first kappa shape index (κ1) is 20.1. The summed E-state index contributed by atoms with van der Waals surface area (Å²) in [7, 11) is 2.56. The van der Waals surface area contributed by atoms with Crippen molar-refractivity contribution in [3.63, 3.8) is 0 Å². The molecule has 8 heteroatoms. The number of amides is 2. The van der Waals surface area contributed by atoms with E-state index in [0.717, 1.165) is 0 Å². The standard InChI is InChI=1S/C21H20N2O6/c1-28-17(24)13-6-8-15(9-7-13)22-19(26)21(10-11-21)20(27)23-16-5-3-4-14(12-16)18(25)29-2/h3-9,12H,10-11H2,1-2H3,(H,22,26)(H,23,27). The van der Waals surface area contributed by atoms with Crippen LogP contribution >= 0.6 is 0 Å². The molecule has 0 bridgehead atoms. The van der Waals surface area contributed by atoms with Crippen LogP contribution < -0.4 is 10.6 Å². The molecule has 0 saturated heterocycles. The third-order valence-corrected chi connectivity index (χ3v) is 4.72. The minimum Gasteiger partial charge on any atom is -0.465 e. The van der Waals surface area contributed by atoms with E-state index in [1.54, 1.807) is 30.3 Å². The van der Waals surface area contributed by atoms with Gasteiger partial charge in [-0.2, -0.15) is 0 Å². The quantitative estimate of drug-likeness (QED) is 0.574. The molecule has 0 spiro atoms. The number of benzene rings is 2. The summed E-state index contributed by atoms with van der Waals surface area (Å²) in [6, 6.07) is 12.5. The molecule has 1 saturated carbocycles. The molecule has 2 N–H and O–H groups in total. The zero-order valence-corrected chi connectivity index (χ0v) is 16.0. The molecule has 0 heterocycles. The van der Waals surface area contributed by atoms with Crippen LogP contribution in [0.2, 0.25) is 0 Å². The number of hydrogen-bond donors (Lipinski definition) is 2. The number of nitrogens with one attached hydrogen (secondary N) is 2. The molecule has 0 unspecified atom stereocenters. The highest BCUT2D eigenvalue weighted by Gasteiger charge is 2.56. The average Bonchev–Trinajstić information content (AvgIpc) is 3.55. The molecular weight excluding hydrogens is 376 g/mol. The summed E-state index contributed by atoms with van der Waals surface area (Å²) in [5.74, 6) is -1.86. The van der Waals surface area contributed by atoms with E-state index in [2.05, 4.69) is 20.1 Å². The molecule has 1 aliphatic rings. The number of carbonyl (C=O) groups is 4. The maximum atomic E-state index is 12.7. The van der Waals surface area contributed by atoms with Crippen LogP contribution in [0.1, 0.15) is 33.6 Å². The van der Waals surface area contributed by atoms with Crippen LogP contribution in [0.15, 0.2) is 48.5 Å². The fourth-order valence-electron chi connectivity index (χ4n) is 2.83. The van der Waals surface area contributed by atoms with Crippen LogP contribution in [0, 0.1) is 5.41 Å². The van der Waals surface area contributed by atoms with E-state index in [9.17, 15) is 19.2 Å². The minimum atomic E-state index is -1.16. The van der Waals surface area contributed by atoms with Gasteiger partial charge in [0.25, 0.3) is 0 Å². The summed E-state index contributed by atoms with van der Waals surface area (Å²) in [5, 5.41) is 5.40. The van der Waals surface area contributed by atoms with Crippen molar-refractivity contribution in [1.29, 1.82) is 0 Å². The van der Waals surface area contributed by atoms with Crippen molar-refractivity contribution in [2.75, 3.05) is 24.9 Å². The van der Waals surface area contributed by atoms with Crippen molar-refractivity contribution in [3.8, 4) is 0 Å². The number of esters is 2. The largest absolute Gasteiger partial charge is 0.465 e. The second-order valence-corrected chi connectivity index (χ2v) is 6.63. The van der Waals surface area contributed by atoms with E-state index in [4.69, 9.17) is 0 Å². The molecule has 3 rings (SSSR count). The maximum Gasteiger partial charge on any atom is 0.337 e. The Balaban J connectivity index is 1.67. The van der Waals surface area contributed by atoms with Crippen molar-refractivity contribution >= 4 is 35.1 Å². The highest BCUT2D eigenvalue weighted by atomic mass is 16.5. The average molecular weight is 396 g/mol. The highest BCUT2D eigenvalue weighted by molar-refractivity contribution is 6.17. The first-order chi connectivity index (χ1) is 13.9. The lowest BCUT2D eigenvalue weighted by Crippen LogP contribution is -2.35. The Kier molecular flexibility index (Phi) is 5.63. The van der Waals surface area contributed by atoms with Crippen molar-refractivity contribution < 1.29 is 28.7 Å². The third kappa shape index (κ3) is 4.26. The molecule has 8 nitrogen and oxygen atoms in total. The molecule has 0 radical (unpaired) electrons. The van der Waals surface area contributed by atoms with E-state index < -0.39 is 29.2 Å². The van der Waals surface area contributed by atoms with E-state index in [-0.39, 0.29) is 0 Å². The summed E-state index contributed by atoms with van der Waals surface area (Å²) in [6.07, 6.45) is 0.837. The van der Waals surface area contributed by atoms with Crippen LogP contribution in [-0.2, 0) is 19.1 Å². The van der Waals surface area contributed by atoms with Crippen molar-refractivity contribution in [2.45, 2.75) is 12.8 Å². The summed E-state index contributed by atoms with van der Waals surface area (Å²) < 4.78 is 9.30. The molecule has 0 atom stereocenters. The molecule has 150 valence electrons. The van der Waals surface area contributed by atoms with Crippen LogP contribution in [0.3, 0.4) is 0 Å². The van der Waals surface area contributed by atoms with Crippen molar-refractivity contribution in [2.24, 2.45) is 5.41 Å². The Morgan fingerprint density at radius 1 is 0.759 bits per heavy atom. The smallest absolute Gasteiger partial charge is 0.337 e.